The standard InChI is InChI=1S/C21H18N4O2/c1-14-12-19-20(24-25(23-19)16-6-4-3-5-7-16)13-18(14)22-21(26)15-8-10-17(27-2)11-9-15/h3-13H,1-2H3,(H,22,26). The van der Waals surface area contributed by atoms with Gasteiger partial charge in [0.1, 0.15) is 16.8 Å². The summed E-state index contributed by atoms with van der Waals surface area (Å²) < 4.78 is 5.12. The highest BCUT2D eigenvalue weighted by molar-refractivity contribution is 6.05. The van der Waals surface area contributed by atoms with Crippen LogP contribution in [0.15, 0.2) is 66.7 Å². The molecule has 6 heteroatoms. The number of rotatable bonds is 4. The van der Waals surface area contributed by atoms with Crippen LogP contribution in [0.1, 0.15) is 15.9 Å². The number of amides is 1. The average Bonchev–Trinajstić information content (AvgIpc) is 3.11. The van der Waals surface area contributed by atoms with Crippen molar-refractivity contribution in [1.82, 2.24) is 15.0 Å². The van der Waals surface area contributed by atoms with Crippen molar-refractivity contribution in [2.75, 3.05) is 12.4 Å². The maximum atomic E-state index is 12.5. The molecule has 1 aromatic heterocycles. The summed E-state index contributed by atoms with van der Waals surface area (Å²) in [5.41, 5.74) is 4.57. The van der Waals surface area contributed by atoms with Gasteiger partial charge in [0.25, 0.3) is 5.91 Å². The topological polar surface area (TPSA) is 69.0 Å². The summed E-state index contributed by atoms with van der Waals surface area (Å²) >= 11 is 0. The Morgan fingerprint density at radius 2 is 1.63 bits per heavy atom. The number of nitrogens with zero attached hydrogens (tertiary/aromatic N) is 3. The Balaban J connectivity index is 1.63. The smallest absolute Gasteiger partial charge is 0.255 e. The zero-order valence-electron chi connectivity index (χ0n) is 15.0. The molecule has 27 heavy (non-hydrogen) atoms. The van der Waals surface area contributed by atoms with E-state index in [0.717, 1.165) is 22.3 Å². The summed E-state index contributed by atoms with van der Waals surface area (Å²) in [5, 5.41) is 12.0. The van der Waals surface area contributed by atoms with Crippen LogP contribution in [0.4, 0.5) is 5.69 Å². The predicted octanol–water partition coefficient (Wildman–Crippen LogP) is 3.99. The fraction of sp³-hybridized carbons (Fsp3) is 0.0952. The van der Waals surface area contributed by atoms with E-state index in [0.29, 0.717) is 17.0 Å². The summed E-state index contributed by atoms with van der Waals surface area (Å²) in [6, 6.07) is 20.5. The summed E-state index contributed by atoms with van der Waals surface area (Å²) in [5.74, 6) is 0.525. The third kappa shape index (κ3) is 3.37. The van der Waals surface area contributed by atoms with E-state index in [4.69, 9.17) is 4.74 Å². The van der Waals surface area contributed by atoms with Crippen LogP contribution in [-0.4, -0.2) is 28.0 Å². The number of nitrogens with one attached hydrogen (secondary N) is 1. The molecule has 4 aromatic rings. The largest absolute Gasteiger partial charge is 0.497 e. The first-order valence-corrected chi connectivity index (χ1v) is 8.52. The van der Waals surface area contributed by atoms with E-state index in [1.807, 2.05) is 49.4 Å². The van der Waals surface area contributed by atoms with Crippen LogP contribution in [0.25, 0.3) is 16.7 Å². The maximum Gasteiger partial charge on any atom is 0.255 e. The Morgan fingerprint density at radius 1 is 0.963 bits per heavy atom. The fourth-order valence-corrected chi connectivity index (χ4v) is 2.82. The third-order valence-electron chi connectivity index (χ3n) is 4.31. The number of carbonyl (C=O) groups is 1. The lowest BCUT2D eigenvalue weighted by molar-refractivity contribution is 0.102. The van der Waals surface area contributed by atoms with Gasteiger partial charge < -0.3 is 10.1 Å². The molecule has 1 heterocycles. The summed E-state index contributed by atoms with van der Waals surface area (Å²) in [6.45, 7) is 1.94. The first kappa shape index (κ1) is 16.8. The van der Waals surface area contributed by atoms with Crippen molar-refractivity contribution in [2.45, 2.75) is 6.92 Å². The van der Waals surface area contributed by atoms with E-state index in [-0.39, 0.29) is 5.91 Å². The molecule has 0 unspecified atom stereocenters. The van der Waals surface area contributed by atoms with Gasteiger partial charge in [-0.1, -0.05) is 18.2 Å². The van der Waals surface area contributed by atoms with Crippen molar-refractivity contribution in [1.29, 1.82) is 0 Å². The number of carbonyl (C=O) groups excluding carboxylic acids is 1. The number of para-hydroxylation sites is 1. The summed E-state index contributed by atoms with van der Waals surface area (Å²) in [6.07, 6.45) is 0. The van der Waals surface area contributed by atoms with Gasteiger partial charge in [-0.15, -0.1) is 10.2 Å². The number of anilines is 1. The molecule has 134 valence electrons. The van der Waals surface area contributed by atoms with Crippen molar-refractivity contribution in [3.8, 4) is 11.4 Å². The lowest BCUT2D eigenvalue weighted by Crippen LogP contribution is -2.12. The minimum atomic E-state index is -0.185. The molecule has 0 saturated carbocycles. The van der Waals surface area contributed by atoms with Crippen molar-refractivity contribution in [2.24, 2.45) is 0 Å². The normalized spacial score (nSPS) is 10.7. The molecule has 0 atom stereocenters. The summed E-state index contributed by atoms with van der Waals surface area (Å²) in [4.78, 5) is 14.1. The molecule has 0 aliphatic carbocycles. The van der Waals surface area contributed by atoms with E-state index in [9.17, 15) is 4.79 Å². The Morgan fingerprint density at radius 3 is 2.30 bits per heavy atom. The number of hydrogen-bond donors (Lipinski definition) is 1. The van der Waals surface area contributed by atoms with E-state index in [1.54, 1.807) is 36.2 Å². The van der Waals surface area contributed by atoms with Gasteiger partial charge in [-0.2, -0.15) is 4.80 Å². The van der Waals surface area contributed by atoms with Crippen LogP contribution in [0, 0.1) is 6.92 Å². The Kier molecular flexibility index (Phi) is 4.30. The van der Waals surface area contributed by atoms with Gasteiger partial charge in [0.05, 0.1) is 12.8 Å². The van der Waals surface area contributed by atoms with E-state index in [1.165, 1.54) is 0 Å². The van der Waals surface area contributed by atoms with Crippen molar-refractivity contribution >= 4 is 22.6 Å². The molecule has 6 nitrogen and oxygen atoms in total. The van der Waals surface area contributed by atoms with Gasteiger partial charge in [0.15, 0.2) is 0 Å². The molecule has 0 radical (unpaired) electrons. The van der Waals surface area contributed by atoms with Crippen LogP contribution < -0.4 is 10.1 Å². The molecule has 0 bridgehead atoms. The zero-order valence-corrected chi connectivity index (χ0v) is 15.0. The number of aromatic nitrogens is 3. The van der Waals surface area contributed by atoms with E-state index >= 15 is 0 Å². The monoisotopic (exact) mass is 358 g/mol. The van der Waals surface area contributed by atoms with Gasteiger partial charge in [-0.3, -0.25) is 4.79 Å². The molecule has 1 N–H and O–H groups in total. The van der Waals surface area contributed by atoms with E-state index in [2.05, 4.69) is 15.5 Å². The highest BCUT2D eigenvalue weighted by Crippen LogP contribution is 2.23. The van der Waals surface area contributed by atoms with Gasteiger partial charge >= 0.3 is 0 Å². The van der Waals surface area contributed by atoms with Crippen LogP contribution in [0.2, 0.25) is 0 Å². The predicted molar refractivity (Wildman–Crippen MR) is 105 cm³/mol. The lowest BCUT2D eigenvalue weighted by atomic mass is 10.1. The fourth-order valence-electron chi connectivity index (χ4n) is 2.82. The molecule has 3 aromatic carbocycles. The second-order valence-corrected chi connectivity index (χ2v) is 6.16. The molecule has 1 amide bonds. The van der Waals surface area contributed by atoms with Gasteiger partial charge in [-0.05, 0) is 61.0 Å². The Hall–Kier alpha value is -3.67. The molecular weight excluding hydrogens is 340 g/mol. The zero-order chi connectivity index (χ0) is 18.8. The number of methoxy groups -OCH3 is 1. The van der Waals surface area contributed by atoms with Crippen LogP contribution >= 0.6 is 0 Å². The first-order valence-electron chi connectivity index (χ1n) is 8.52. The molecule has 0 aliphatic rings. The summed E-state index contributed by atoms with van der Waals surface area (Å²) in [7, 11) is 1.59. The molecule has 0 aliphatic heterocycles. The Labute approximate surface area is 156 Å². The first-order chi connectivity index (χ1) is 13.1. The SMILES string of the molecule is COc1ccc(C(=O)Nc2cc3nn(-c4ccccc4)nc3cc2C)cc1. The minimum Gasteiger partial charge on any atom is -0.497 e. The van der Waals surface area contributed by atoms with Crippen molar-refractivity contribution in [3.63, 3.8) is 0 Å². The molecule has 0 fully saturated rings. The second kappa shape index (κ2) is 6.92. The molecular formula is C21H18N4O2. The number of hydrogen-bond acceptors (Lipinski definition) is 4. The van der Waals surface area contributed by atoms with Crippen LogP contribution in [0.5, 0.6) is 5.75 Å². The van der Waals surface area contributed by atoms with Crippen molar-refractivity contribution in [3.05, 3.63) is 77.9 Å². The van der Waals surface area contributed by atoms with Gasteiger partial charge in [0, 0.05) is 11.3 Å². The van der Waals surface area contributed by atoms with Gasteiger partial charge in [-0.25, -0.2) is 0 Å². The number of fused-ring (bicyclic) bond motifs is 1. The molecule has 0 saturated heterocycles. The van der Waals surface area contributed by atoms with Crippen molar-refractivity contribution < 1.29 is 9.53 Å². The van der Waals surface area contributed by atoms with E-state index < -0.39 is 0 Å². The quantitative estimate of drug-likeness (QED) is 0.599. The van der Waals surface area contributed by atoms with Crippen LogP contribution in [-0.2, 0) is 0 Å². The maximum absolute atomic E-state index is 12.5. The minimum absolute atomic E-state index is 0.185. The molecule has 0 spiro atoms. The van der Waals surface area contributed by atoms with Crippen LogP contribution in [0.3, 0.4) is 0 Å². The lowest BCUT2D eigenvalue weighted by Gasteiger charge is -2.08. The number of aryl methyl sites for hydroxylation is 1. The highest BCUT2D eigenvalue weighted by Gasteiger charge is 2.12. The molecule has 4 rings (SSSR count). The average molecular weight is 358 g/mol. The Bertz CT molecular complexity index is 1100. The third-order valence-corrected chi connectivity index (χ3v) is 4.31. The highest BCUT2D eigenvalue weighted by atomic mass is 16.5. The number of ether oxygens (including phenoxy) is 1. The number of benzene rings is 3. The second-order valence-electron chi connectivity index (χ2n) is 6.16. The van der Waals surface area contributed by atoms with Gasteiger partial charge in [0.2, 0.25) is 0 Å².